The third-order valence-corrected chi connectivity index (χ3v) is 2.02. The van der Waals surface area contributed by atoms with Gasteiger partial charge in [-0.1, -0.05) is 6.58 Å². The highest BCUT2D eigenvalue weighted by Crippen LogP contribution is 2.32. The van der Waals surface area contributed by atoms with Crippen molar-refractivity contribution in [1.82, 2.24) is 0 Å². The van der Waals surface area contributed by atoms with Crippen LogP contribution in [0.1, 0.15) is 5.56 Å². The third kappa shape index (κ3) is 1.42. The van der Waals surface area contributed by atoms with E-state index in [9.17, 15) is 0 Å². The molecular weight excluding hydrogens is 178 g/mol. The topological polar surface area (TPSA) is 42.2 Å². The first-order valence-electron chi connectivity index (χ1n) is 4.29. The maximum atomic E-state index is 8.67. The van der Waals surface area contributed by atoms with Gasteiger partial charge in [-0.25, -0.2) is 0 Å². The highest BCUT2D eigenvalue weighted by Gasteiger charge is 2.18. The Morgan fingerprint density at radius 3 is 3.07 bits per heavy atom. The molecule has 0 saturated carbocycles. The fourth-order valence-corrected chi connectivity index (χ4v) is 1.27. The predicted molar refractivity (Wildman–Crippen MR) is 51.3 cm³/mol. The molecule has 0 spiro atoms. The van der Waals surface area contributed by atoms with Gasteiger partial charge in [0.15, 0.2) is 17.6 Å². The Morgan fingerprint density at radius 1 is 1.50 bits per heavy atom. The van der Waals surface area contributed by atoms with Crippen LogP contribution in [0.15, 0.2) is 30.9 Å². The third-order valence-electron chi connectivity index (χ3n) is 2.02. The highest BCUT2D eigenvalue weighted by molar-refractivity contribution is 5.47. The van der Waals surface area contributed by atoms with Crippen LogP contribution in [0, 0.1) is 11.3 Å². The first-order valence-corrected chi connectivity index (χ1v) is 4.29. The molecule has 3 heteroatoms. The molecule has 0 N–H and O–H groups in total. The minimum atomic E-state index is -0.101. The average Bonchev–Trinajstić information content (AvgIpc) is 2.27. The summed E-state index contributed by atoms with van der Waals surface area (Å²) in [6, 6.07) is 7.16. The van der Waals surface area contributed by atoms with Gasteiger partial charge in [-0.3, -0.25) is 0 Å². The number of nitriles is 1. The molecule has 0 bridgehead atoms. The highest BCUT2D eigenvalue weighted by atomic mass is 16.6. The normalized spacial score (nSPS) is 18.4. The Hall–Kier alpha value is -1.95. The van der Waals surface area contributed by atoms with E-state index < -0.39 is 0 Å². The standard InChI is InChI=1S/C11H9NO2/c1-2-9-7-13-11-5-8(6-12)3-4-10(11)14-9/h2-5,9H,1,7H2. The van der Waals surface area contributed by atoms with Gasteiger partial charge >= 0.3 is 0 Å². The summed E-state index contributed by atoms with van der Waals surface area (Å²) in [5.74, 6) is 1.29. The van der Waals surface area contributed by atoms with E-state index >= 15 is 0 Å². The lowest BCUT2D eigenvalue weighted by Crippen LogP contribution is -2.26. The molecule has 1 aromatic carbocycles. The van der Waals surface area contributed by atoms with Crippen molar-refractivity contribution in [3.05, 3.63) is 36.4 Å². The molecule has 14 heavy (non-hydrogen) atoms. The second-order valence-corrected chi connectivity index (χ2v) is 2.98. The van der Waals surface area contributed by atoms with Crippen LogP contribution in [0.4, 0.5) is 0 Å². The second kappa shape index (κ2) is 3.43. The average molecular weight is 187 g/mol. The van der Waals surface area contributed by atoms with Crippen molar-refractivity contribution in [3.8, 4) is 17.6 Å². The predicted octanol–water partition coefficient (Wildman–Crippen LogP) is 1.88. The molecule has 70 valence electrons. The smallest absolute Gasteiger partial charge is 0.162 e. The van der Waals surface area contributed by atoms with Gasteiger partial charge in [0.1, 0.15) is 6.61 Å². The summed E-state index contributed by atoms with van der Waals surface area (Å²) in [6.45, 7) is 4.08. The molecule has 3 nitrogen and oxygen atoms in total. The molecule has 0 saturated heterocycles. The SMILES string of the molecule is C=CC1COc2cc(C#N)ccc2O1. The summed E-state index contributed by atoms with van der Waals surface area (Å²) in [5, 5.41) is 8.67. The number of hydrogen-bond acceptors (Lipinski definition) is 3. The largest absolute Gasteiger partial charge is 0.485 e. The quantitative estimate of drug-likeness (QED) is 0.630. The summed E-state index contributed by atoms with van der Waals surface area (Å²) >= 11 is 0. The van der Waals surface area contributed by atoms with E-state index in [0.29, 0.717) is 23.7 Å². The number of fused-ring (bicyclic) bond motifs is 1. The molecule has 1 aliphatic rings. The Balaban J connectivity index is 2.33. The van der Waals surface area contributed by atoms with Crippen LogP contribution in [-0.4, -0.2) is 12.7 Å². The second-order valence-electron chi connectivity index (χ2n) is 2.98. The van der Waals surface area contributed by atoms with Gasteiger partial charge < -0.3 is 9.47 Å². The van der Waals surface area contributed by atoms with Gasteiger partial charge in [-0.15, -0.1) is 0 Å². The summed E-state index contributed by atoms with van der Waals surface area (Å²) in [7, 11) is 0. The molecule has 1 aliphatic heterocycles. The summed E-state index contributed by atoms with van der Waals surface area (Å²) < 4.78 is 11.0. The number of ether oxygens (including phenoxy) is 2. The van der Waals surface area contributed by atoms with Crippen molar-refractivity contribution in [2.45, 2.75) is 6.10 Å². The van der Waals surface area contributed by atoms with E-state index in [2.05, 4.69) is 6.58 Å². The van der Waals surface area contributed by atoms with Crippen LogP contribution in [0.3, 0.4) is 0 Å². The molecule has 0 fully saturated rings. The van der Waals surface area contributed by atoms with E-state index in [1.54, 1.807) is 24.3 Å². The molecule has 0 radical (unpaired) electrons. The fourth-order valence-electron chi connectivity index (χ4n) is 1.27. The minimum absolute atomic E-state index is 0.101. The van der Waals surface area contributed by atoms with Crippen molar-refractivity contribution in [3.63, 3.8) is 0 Å². The van der Waals surface area contributed by atoms with Crippen LogP contribution < -0.4 is 9.47 Å². The van der Waals surface area contributed by atoms with Gasteiger partial charge in [0.05, 0.1) is 11.6 Å². The Labute approximate surface area is 82.2 Å². The zero-order valence-corrected chi connectivity index (χ0v) is 7.56. The van der Waals surface area contributed by atoms with Crippen LogP contribution >= 0.6 is 0 Å². The van der Waals surface area contributed by atoms with Gasteiger partial charge in [0, 0.05) is 6.07 Å². The zero-order chi connectivity index (χ0) is 9.97. The molecule has 1 heterocycles. The van der Waals surface area contributed by atoms with Crippen molar-refractivity contribution in [2.75, 3.05) is 6.61 Å². The van der Waals surface area contributed by atoms with Crippen molar-refractivity contribution >= 4 is 0 Å². The number of nitrogens with zero attached hydrogens (tertiary/aromatic N) is 1. The molecule has 0 amide bonds. The molecule has 0 aliphatic carbocycles. The van der Waals surface area contributed by atoms with Gasteiger partial charge in [-0.05, 0) is 18.2 Å². The van der Waals surface area contributed by atoms with Crippen LogP contribution in [0.5, 0.6) is 11.5 Å². The first-order chi connectivity index (χ1) is 6.83. The maximum absolute atomic E-state index is 8.67. The lowest BCUT2D eigenvalue weighted by molar-refractivity contribution is 0.123. The van der Waals surface area contributed by atoms with Crippen LogP contribution in [0.25, 0.3) is 0 Å². The Morgan fingerprint density at radius 2 is 2.36 bits per heavy atom. The Bertz CT molecular complexity index is 406. The van der Waals surface area contributed by atoms with Gasteiger partial charge in [-0.2, -0.15) is 5.26 Å². The molecule has 2 rings (SSSR count). The minimum Gasteiger partial charge on any atom is -0.485 e. The monoisotopic (exact) mass is 187 g/mol. The summed E-state index contributed by atoms with van der Waals surface area (Å²) in [5.41, 5.74) is 0.574. The zero-order valence-electron chi connectivity index (χ0n) is 7.56. The molecule has 1 aromatic rings. The van der Waals surface area contributed by atoms with E-state index in [1.165, 1.54) is 0 Å². The molecule has 0 aromatic heterocycles. The van der Waals surface area contributed by atoms with Crippen molar-refractivity contribution in [1.29, 1.82) is 5.26 Å². The Kier molecular flexibility index (Phi) is 2.11. The molecule has 1 atom stereocenters. The molecular formula is C11H9NO2. The van der Waals surface area contributed by atoms with Crippen molar-refractivity contribution < 1.29 is 9.47 Å². The van der Waals surface area contributed by atoms with Gasteiger partial charge in [0.2, 0.25) is 0 Å². The maximum Gasteiger partial charge on any atom is 0.162 e. The van der Waals surface area contributed by atoms with E-state index in [0.717, 1.165) is 0 Å². The van der Waals surface area contributed by atoms with E-state index in [4.69, 9.17) is 14.7 Å². The van der Waals surface area contributed by atoms with Crippen LogP contribution in [0.2, 0.25) is 0 Å². The lowest BCUT2D eigenvalue weighted by Gasteiger charge is -2.24. The number of benzene rings is 1. The van der Waals surface area contributed by atoms with E-state index in [1.807, 2.05) is 6.07 Å². The van der Waals surface area contributed by atoms with E-state index in [-0.39, 0.29) is 6.10 Å². The fraction of sp³-hybridized carbons (Fsp3) is 0.182. The summed E-state index contributed by atoms with van der Waals surface area (Å²) in [4.78, 5) is 0. The number of rotatable bonds is 1. The first kappa shape index (κ1) is 8.64. The molecule has 1 unspecified atom stereocenters. The van der Waals surface area contributed by atoms with Crippen molar-refractivity contribution in [2.24, 2.45) is 0 Å². The summed E-state index contributed by atoms with van der Waals surface area (Å²) in [6.07, 6.45) is 1.59. The van der Waals surface area contributed by atoms with Gasteiger partial charge in [0.25, 0.3) is 0 Å². The number of hydrogen-bond donors (Lipinski definition) is 0. The lowest BCUT2D eigenvalue weighted by atomic mass is 10.2. The van der Waals surface area contributed by atoms with Crippen LogP contribution in [-0.2, 0) is 0 Å².